The molecule has 11 heavy (non-hydrogen) atoms. The molecular weight excluding hydrogens is 140 g/mol. The van der Waals surface area contributed by atoms with Crippen molar-refractivity contribution in [1.82, 2.24) is 0 Å². The molecule has 0 radical (unpaired) electrons. The van der Waals surface area contributed by atoms with E-state index in [9.17, 15) is 4.79 Å². The molecule has 0 spiro atoms. The van der Waals surface area contributed by atoms with Crippen molar-refractivity contribution in [2.45, 2.75) is 32.1 Å². The van der Waals surface area contributed by atoms with Crippen LogP contribution < -0.4 is 0 Å². The van der Waals surface area contributed by atoms with Gasteiger partial charge >= 0.3 is 5.97 Å². The molecule has 0 saturated heterocycles. The Kier molecular flexibility index (Phi) is 1.63. The molecule has 2 nitrogen and oxygen atoms in total. The Balaban J connectivity index is 2.07. The van der Waals surface area contributed by atoms with Gasteiger partial charge in [0.2, 0.25) is 0 Å². The first kappa shape index (κ1) is 7.14. The van der Waals surface area contributed by atoms with Gasteiger partial charge in [0.05, 0.1) is 5.92 Å². The van der Waals surface area contributed by atoms with Crippen LogP contribution in [0.15, 0.2) is 0 Å². The quantitative estimate of drug-likeness (QED) is 0.626. The fourth-order valence-electron chi connectivity index (χ4n) is 2.72. The van der Waals surface area contributed by atoms with E-state index in [-0.39, 0.29) is 5.92 Å². The van der Waals surface area contributed by atoms with Crippen LogP contribution in [0.5, 0.6) is 0 Å². The summed E-state index contributed by atoms with van der Waals surface area (Å²) in [5.41, 5.74) is 0. The Morgan fingerprint density at radius 2 is 1.91 bits per heavy atom. The molecule has 2 fully saturated rings. The zero-order chi connectivity index (χ0) is 7.84. The lowest BCUT2D eigenvalue weighted by atomic mass is 9.80. The largest absolute Gasteiger partial charge is 0.481 e. The maximum absolute atomic E-state index is 10.7. The predicted octanol–water partition coefficient (Wildman–Crippen LogP) is 1.90. The molecule has 2 heteroatoms. The molecule has 0 aromatic rings. The molecule has 3 atom stereocenters. The zero-order valence-corrected chi connectivity index (χ0v) is 6.62. The molecule has 1 N–H and O–H groups in total. The summed E-state index contributed by atoms with van der Waals surface area (Å²) in [6, 6.07) is 0. The SMILES string of the molecule is O=C(O)C1CCC2CCC1C2. The lowest BCUT2D eigenvalue weighted by Crippen LogP contribution is -2.25. The number of hydrogen-bond acceptors (Lipinski definition) is 1. The first-order valence-corrected chi connectivity index (χ1v) is 4.50. The summed E-state index contributed by atoms with van der Waals surface area (Å²) in [6.45, 7) is 0. The highest BCUT2D eigenvalue weighted by Gasteiger charge is 2.38. The Bertz CT molecular complexity index is 176. The van der Waals surface area contributed by atoms with Crippen molar-refractivity contribution in [1.29, 1.82) is 0 Å². The Labute approximate surface area is 66.6 Å². The molecule has 0 aliphatic heterocycles. The van der Waals surface area contributed by atoms with Gasteiger partial charge < -0.3 is 5.11 Å². The van der Waals surface area contributed by atoms with Crippen LogP contribution in [0.4, 0.5) is 0 Å². The fraction of sp³-hybridized carbons (Fsp3) is 0.889. The molecular formula is C9H14O2. The van der Waals surface area contributed by atoms with Crippen LogP contribution in [0.25, 0.3) is 0 Å². The van der Waals surface area contributed by atoms with Gasteiger partial charge in [-0.15, -0.1) is 0 Å². The highest BCUT2D eigenvalue weighted by atomic mass is 16.4. The van der Waals surface area contributed by atoms with Crippen LogP contribution in [0.2, 0.25) is 0 Å². The molecule has 3 unspecified atom stereocenters. The molecule has 0 aromatic heterocycles. The Hall–Kier alpha value is -0.530. The van der Waals surface area contributed by atoms with E-state index in [1.165, 1.54) is 19.3 Å². The van der Waals surface area contributed by atoms with Crippen molar-refractivity contribution in [3.8, 4) is 0 Å². The van der Waals surface area contributed by atoms with Gasteiger partial charge in [0.25, 0.3) is 0 Å². The van der Waals surface area contributed by atoms with Gasteiger partial charge in [-0.2, -0.15) is 0 Å². The minimum absolute atomic E-state index is 0.00579. The summed E-state index contributed by atoms with van der Waals surface area (Å²) in [4.78, 5) is 10.7. The summed E-state index contributed by atoms with van der Waals surface area (Å²) < 4.78 is 0. The van der Waals surface area contributed by atoms with Crippen molar-refractivity contribution in [2.24, 2.45) is 17.8 Å². The summed E-state index contributed by atoms with van der Waals surface area (Å²) in [7, 11) is 0. The average molecular weight is 154 g/mol. The van der Waals surface area contributed by atoms with E-state index in [2.05, 4.69) is 0 Å². The lowest BCUT2D eigenvalue weighted by molar-refractivity contribution is -0.144. The second-order valence-electron chi connectivity index (χ2n) is 3.96. The lowest BCUT2D eigenvalue weighted by Gasteiger charge is -2.24. The van der Waals surface area contributed by atoms with Crippen LogP contribution in [-0.2, 0) is 4.79 Å². The normalized spacial score (nSPS) is 42.4. The Morgan fingerprint density at radius 1 is 1.18 bits per heavy atom. The zero-order valence-electron chi connectivity index (χ0n) is 6.62. The van der Waals surface area contributed by atoms with Crippen LogP contribution in [0.3, 0.4) is 0 Å². The third-order valence-electron chi connectivity index (χ3n) is 3.35. The minimum atomic E-state index is -0.560. The number of carboxylic acid groups (broad SMARTS) is 1. The molecule has 2 saturated carbocycles. The number of fused-ring (bicyclic) bond motifs is 2. The summed E-state index contributed by atoms with van der Waals surface area (Å²) in [6.07, 6.45) is 5.74. The molecule has 2 aliphatic carbocycles. The highest BCUT2D eigenvalue weighted by molar-refractivity contribution is 5.70. The minimum Gasteiger partial charge on any atom is -0.481 e. The van der Waals surface area contributed by atoms with Crippen molar-refractivity contribution in [3.63, 3.8) is 0 Å². The van der Waals surface area contributed by atoms with Crippen LogP contribution in [0.1, 0.15) is 32.1 Å². The highest BCUT2D eigenvalue weighted by Crippen LogP contribution is 2.45. The number of hydrogen-bond donors (Lipinski definition) is 1. The maximum atomic E-state index is 10.7. The number of carbonyl (C=O) groups is 1. The summed E-state index contributed by atoms with van der Waals surface area (Å²) >= 11 is 0. The van der Waals surface area contributed by atoms with Gasteiger partial charge in [-0.3, -0.25) is 4.79 Å². The van der Waals surface area contributed by atoms with Gasteiger partial charge in [0, 0.05) is 0 Å². The maximum Gasteiger partial charge on any atom is 0.306 e. The Morgan fingerprint density at radius 3 is 2.64 bits per heavy atom. The van der Waals surface area contributed by atoms with Gasteiger partial charge in [-0.05, 0) is 37.5 Å². The van der Waals surface area contributed by atoms with E-state index in [1.807, 2.05) is 0 Å². The van der Waals surface area contributed by atoms with Crippen LogP contribution in [-0.4, -0.2) is 11.1 Å². The van der Waals surface area contributed by atoms with Crippen LogP contribution in [0, 0.1) is 17.8 Å². The summed E-state index contributed by atoms with van der Waals surface area (Å²) in [5.74, 6) is 0.825. The van der Waals surface area contributed by atoms with E-state index < -0.39 is 5.97 Å². The standard InChI is InChI=1S/C9H14O2/c10-9(11)8-4-2-6-1-3-7(8)5-6/h6-8H,1-5H2,(H,10,11). The molecule has 0 heterocycles. The molecule has 2 bridgehead atoms. The molecule has 62 valence electrons. The van der Waals surface area contributed by atoms with Gasteiger partial charge in [0.1, 0.15) is 0 Å². The van der Waals surface area contributed by atoms with Gasteiger partial charge in [0.15, 0.2) is 0 Å². The average Bonchev–Trinajstić information content (AvgIpc) is 2.32. The number of aliphatic carboxylic acids is 1. The van der Waals surface area contributed by atoms with E-state index in [0.717, 1.165) is 18.8 Å². The van der Waals surface area contributed by atoms with Crippen LogP contribution >= 0.6 is 0 Å². The smallest absolute Gasteiger partial charge is 0.306 e. The van der Waals surface area contributed by atoms with E-state index >= 15 is 0 Å². The summed E-state index contributed by atoms with van der Waals surface area (Å²) in [5, 5.41) is 8.86. The second kappa shape index (κ2) is 2.50. The first-order valence-electron chi connectivity index (χ1n) is 4.50. The number of rotatable bonds is 1. The predicted molar refractivity (Wildman–Crippen MR) is 41.2 cm³/mol. The molecule has 2 rings (SSSR count). The molecule has 0 aromatic carbocycles. The first-order chi connectivity index (χ1) is 5.27. The van der Waals surface area contributed by atoms with E-state index in [1.54, 1.807) is 0 Å². The van der Waals surface area contributed by atoms with Crippen molar-refractivity contribution in [2.75, 3.05) is 0 Å². The monoisotopic (exact) mass is 154 g/mol. The van der Waals surface area contributed by atoms with Crippen molar-refractivity contribution >= 4 is 5.97 Å². The third-order valence-corrected chi connectivity index (χ3v) is 3.35. The number of carboxylic acids is 1. The van der Waals surface area contributed by atoms with Gasteiger partial charge in [-0.25, -0.2) is 0 Å². The van der Waals surface area contributed by atoms with E-state index in [4.69, 9.17) is 5.11 Å². The fourth-order valence-corrected chi connectivity index (χ4v) is 2.72. The molecule has 2 aliphatic rings. The molecule has 0 amide bonds. The third kappa shape index (κ3) is 1.15. The van der Waals surface area contributed by atoms with E-state index in [0.29, 0.717) is 5.92 Å². The van der Waals surface area contributed by atoms with Crippen molar-refractivity contribution in [3.05, 3.63) is 0 Å². The van der Waals surface area contributed by atoms with Gasteiger partial charge in [-0.1, -0.05) is 6.42 Å². The topological polar surface area (TPSA) is 37.3 Å². The second-order valence-corrected chi connectivity index (χ2v) is 3.96. The van der Waals surface area contributed by atoms with Crippen molar-refractivity contribution < 1.29 is 9.90 Å².